The molecule has 4 aromatic carbocycles. The van der Waals surface area contributed by atoms with Crippen LogP contribution in [0.1, 0.15) is 32.4 Å². The summed E-state index contributed by atoms with van der Waals surface area (Å²) in [5, 5.41) is 0. The van der Waals surface area contributed by atoms with Crippen LogP contribution in [0.2, 0.25) is 0 Å². The molecule has 0 atom stereocenters. The van der Waals surface area contributed by atoms with Gasteiger partial charge in [-0.2, -0.15) is 0 Å². The highest BCUT2D eigenvalue weighted by atomic mass is 33.1. The lowest BCUT2D eigenvalue weighted by atomic mass is 10.2. The molecule has 6 aromatic rings. The average Bonchev–Trinajstić information content (AvgIpc) is 3.72. The van der Waals surface area contributed by atoms with Gasteiger partial charge >= 0.3 is 11.9 Å². The summed E-state index contributed by atoms with van der Waals surface area (Å²) in [7, 11) is 5.12. The van der Waals surface area contributed by atoms with E-state index in [0.29, 0.717) is 54.7 Å². The molecule has 0 aliphatic carbocycles. The van der Waals surface area contributed by atoms with E-state index < -0.39 is 11.9 Å². The molecule has 46 heavy (non-hydrogen) atoms. The third-order valence-electron chi connectivity index (χ3n) is 6.90. The van der Waals surface area contributed by atoms with Crippen LogP contribution in [0.3, 0.4) is 0 Å². The molecular formula is C32H28N6O6S2. The van der Waals surface area contributed by atoms with Crippen LogP contribution in [0.5, 0.6) is 11.5 Å². The third kappa shape index (κ3) is 6.25. The smallest absolute Gasteiger partial charge is 0.374 e. The minimum absolute atomic E-state index is 0.0132. The number of nitrogens with one attached hydrogen (secondary N) is 2. The zero-order chi connectivity index (χ0) is 32.2. The predicted octanol–water partition coefficient (Wildman–Crippen LogP) is 6.13. The highest BCUT2D eigenvalue weighted by molar-refractivity contribution is 8.76. The molecule has 0 bridgehead atoms. The number of hydrogen-bond acceptors (Lipinski definition) is 12. The summed E-state index contributed by atoms with van der Waals surface area (Å²) in [4.78, 5) is 40.3. The lowest BCUT2D eigenvalue weighted by Gasteiger charge is -2.16. The fourth-order valence-corrected chi connectivity index (χ4v) is 7.06. The maximum Gasteiger partial charge on any atom is 0.374 e. The number of nitrogens with zero attached hydrogens (tertiary/aromatic N) is 2. The molecule has 2 aromatic heterocycles. The summed E-state index contributed by atoms with van der Waals surface area (Å²) < 4.78 is 22.2. The lowest BCUT2D eigenvalue weighted by molar-refractivity contribution is 0.0580. The molecule has 6 rings (SSSR count). The van der Waals surface area contributed by atoms with Crippen LogP contribution in [0, 0.1) is 0 Å². The minimum Gasteiger partial charge on any atom is -0.488 e. The average molecular weight is 657 g/mol. The first-order chi connectivity index (χ1) is 22.4. The Bertz CT molecular complexity index is 1900. The van der Waals surface area contributed by atoms with Gasteiger partial charge in [0.2, 0.25) is 11.6 Å². The normalized spacial score (nSPS) is 11.1. The number of carbonyl (C=O) groups is 2. The van der Waals surface area contributed by atoms with Crippen LogP contribution in [0.4, 0.5) is 11.4 Å². The van der Waals surface area contributed by atoms with Gasteiger partial charge in [0.25, 0.3) is 0 Å². The molecule has 234 valence electrons. The number of nitrogens with two attached hydrogens (primary N) is 2. The Kier molecular flexibility index (Phi) is 8.90. The van der Waals surface area contributed by atoms with Gasteiger partial charge in [0, 0.05) is 12.1 Å². The molecule has 0 aliphatic heterocycles. The second kappa shape index (κ2) is 13.3. The SMILES string of the molecule is COC(=O)c1nc2c(N)c(SSc3c(OCc4ccccc4)cc4[nH]c(C(=O)OC)nc4c3N)c(OCc3ccccc3)cc2[nH]1. The number of rotatable bonds is 11. The first-order valence-electron chi connectivity index (χ1n) is 13.8. The standard InChI is InChI=1S/C32H28N6O6S2/c1-41-31(39)29-35-19-13-21(43-15-17-9-5-3-6-10-17)27(23(33)25(19)37-29)45-46-28-22(44-16-18-11-7-4-8-12-18)14-20-26(24(28)34)38-30(36-20)32(40)42-2/h3-14H,15-16,33-34H2,1-2H3,(H,35,37)(H,36,38). The molecule has 0 radical (unpaired) electrons. The zero-order valence-corrected chi connectivity index (χ0v) is 26.3. The summed E-state index contributed by atoms with van der Waals surface area (Å²) >= 11 is 0. The van der Waals surface area contributed by atoms with E-state index in [0.717, 1.165) is 11.1 Å². The van der Waals surface area contributed by atoms with E-state index >= 15 is 0 Å². The number of methoxy groups -OCH3 is 2. The summed E-state index contributed by atoms with van der Waals surface area (Å²) in [5.41, 5.74) is 17.6. The van der Waals surface area contributed by atoms with E-state index in [1.54, 1.807) is 12.1 Å². The van der Waals surface area contributed by atoms with Crippen LogP contribution in [0.25, 0.3) is 22.1 Å². The Morgan fingerprint density at radius 3 is 1.43 bits per heavy atom. The van der Waals surface area contributed by atoms with Gasteiger partial charge in [-0.05, 0) is 32.7 Å². The number of imidazole rings is 2. The number of fused-ring (bicyclic) bond motifs is 2. The number of esters is 2. The van der Waals surface area contributed by atoms with Crippen molar-refractivity contribution in [3.05, 3.63) is 95.6 Å². The van der Waals surface area contributed by atoms with Crippen LogP contribution in [-0.4, -0.2) is 46.1 Å². The topological polar surface area (TPSA) is 180 Å². The van der Waals surface area contributed by atoms with Crippen LogP contribution >= 0.6 is 21.6 Å². The first kappa shape index (κ1) is 30.7. The van der Waals surface area contributed by atoms with E-state index in [1.165, 1.54) is 35.8 Å². The summed E-state index contributed by atoms with van der Waals surface area (Å²) in [6, 6.07) is 22.9. The Labute approximate surface area is 270 Å². The van der Waals surface area contributed by atoms with Gasteiger partial charge in [0.15, 0.2) is 0 Å². The molecular weight excluding hydrogens is 629 g/mol. The summed E-state index contributed by atoms with van der Waals surface area (Å²) in [6.45, 7) is 0.538. The Hall–Kier alpha value is -5.34. The number of H-pyrrole nitrogens is 2. The van der Waals surface area contributed by atoms with Crippen molar-refractivity contribution in [3.8, 4) is 11.5 Å². The van der Waals surface area contributed by atoms with Crippen molar-refractivity contribution in [2.75, 3.05) is 25.7 Å². The van der Waals surface area contributed by atoms with Crippen LogP contribution in [-0.2, 0) is 22.7 Å². The number of aromatic nitrogens is 4. The molecule has 12 nitrogen and oxygen atoms in total. The van der Waals surface area contributed by atoms with Gasteiger partial charge in [-0.15, -0.1) is 0 Å². The lowest BCUT2D eigenvalue weighted by Crippen LogP contribution is -2.03. The highest BCUT2D eigenvalue weighted by Crippen LogP contribution is 2.52. The first-order valence-corrected chi connectivity index (χ1v) is 16.0. The molecule has 6 N–H and O–H groups in total. The van der Waals surface area contributed by atoms with Crippen LogP contribution in [0.15, 0.2) is 82.6 Å². The van der Waals surface area contributed by atoms with Crippen LogP contribution < -0.4 is 20.9 Å². The Morgan fingerprint density at radius 1 is 0.674 bits per heavy atom. The van der Waals surface area contributed by atoms with Crippen molar-refractivity contribution in [1.82, 2.24) is 19.9 Å². The number of hydrogen-bond donors (Lipinski definition) is 4. The summed E-state index contributed by atoms with van der Waals surface area (Å²) in [6.07, 6.45) is 0. The molecule has 0 saturated carbocycles. The van der Waals surface area contributed by atoms with Crippen molar-refractivity contribution in [2.45, 2.75) is 23.0 Å². The maximum atomic E-state index is 12.2. The second-order valence-electron chi connectivity index (χ2n) is 9.90. The maximum absolute atomic E-state index is 12.2. The van der Waals surface area contributed by atoms with Gasteiger partial charge in [0.1, 0.15) is 35.7 Å². The van der Waals surface area contributed by atoms with Crippen molar-refractivity contribution < 1.29 is 28.5 Å². The number of anilines is 2. The fraction of sp³-hybridized carbons (Fsp3) is 0.125. The third-order valence-corrected chi connectivity index (χ3v) is 9.41. The second-order valence-corrected chi connectivity index (χ2v) is 12.0. The van der Waals surface area contributed by atoms with Crippen molar-refractivity contribution in [1.29, 1.82) is 0 Å². The van der Waals surface area contributed by atoms with Crippen molar-refractivity contribution >= 4 is 67.0 Å². The quantitative estimate of drug-likeness (QED) is 0.0712. The summed E-state index contributed by atoms with van der Waals surface area (Å²) in [5.74, 6) is -0.301. The van der Waals surface area contributed by atoms with Gasteiger partial charge in [-0.3, -0.25) is 0 Å². The van der Waals surface area contributed by atoms with Gasteiger partial charge < -0.3 is 40.4 Å². The number of carbonyl (C=O) groups excluding carboxylic acids is 2. The monoisotopic (exact) mass is 656 g/mol. The molecule has 2 heterocycles. The number of nitrogen functional groups attached to an aromatic ring is 2. The molecule has 0 unspecified atom stereocenters. The largest absolute Gasteiger partial charge is 0.488 e. The van der Waals surface area contributed by atoms with E-state index in [4.69, 9.17) is 30.4 Å². The Morgan fingerprint density at radius 2 is 1.07 bits per heavy atom. The molecule has 0 amide bonds. The number of benzene rings is 4. The molecule has 0 spiro atoms. The van der Waals surface area contributed by atoms with E-state index in [1.807, 2.05) is 60.7 Å². The van der Waals surface area contributed by atoms with Crippen molar-refractivity contribution in [2.24, 2.45) is 0 Å². The molecule has 0 aliphatic rings. The zero-order valence-electron chi connectivity index (χ0n) is 24.7. The Balaban J connectivity index is 1.40. The number of ether oxygens (including phenoxy) is 4. The number of aromatic amines is 2. The molecule has 14 heteroatoms. The van der Waals surface area contributed by atoms with Gasteiger partial charge in [-0.1, -0.05) is 60.7 Å². The van der Waals surface area contributed by atoms with Gasteiger partial charge in [0.05, 0.1) is 46.4 Å². The predicted molar refractivity (Wildman–Crippen MR) is 177 cm³/mol. The van der Waals surface area contributed by atoms with E-state index in [9.17, 15) is 9.59 Å². The van der Waals surface area contributed by atoms with E-state index in [2.05, 4.69) is 19.9 Å². The van der Waals surface area contributed by atoms with E-state index in [-0.39, 0.29) is 24.9 Å². The highest BCUT2D eigenvalue weighted by Gasteiger charge is 2.24. The van der Waals surface area contributed by atoms with Gasteiger partial charge in [-0.25, -0.2) is 19.6 Å². The molecule has 0 fully saturated rings. The van der Waals surface area contributed by atoms with Crippen molar-refractivity contribution in [3.63, 3.8) is 0 Å². The molecule has 0 saturated heterocycles. The minimum atomic E-state index is -0.627. The fourth-order valence-electron chi connectivity index (χ4n) is 4.59.